The van der Waals surface area contributed by atoms with Gasteiger partial charge in [-0.25, -0.2) is 0 Å². The zero-order chi connectivity index (χ0) is 12.2. The average Bonchev–Trinajstić information content (AvgIpc) is 2.15. The maximum Gasteiger partial charge on any atom is 0.401 e. The van der Waals surface area contributed by atoms with Gasteiger partial charge in [0.1, 0.15) is 0 Å². The number of halogens is 3. The maximum atomic E-state index is 12.1. The molecule has 1 rings (SSSR count). The number of pyridine rings is 1. The molecule has 2 N–H and O–H groups in total. The Balaban J connectivity index is 2.59. The van der Waals surface area contributed by atoms with Crippen LogP contribution in [0, 0.1) is 0 Å². The first-order valence-corrected chi connectivity index (χ1v) is 4.80. The second-order valence-electron chi connectivity index (χ2n) is 3.65. The number of hydrogen-bond acceptors (Lipinski definition) is 3. The third-order valence-electron chi connectivity index (χ3n) is 1.99. The lowest BCUT2D eigenvalue weighted by atomic mass is 10.2. The molecular weight excluding hydrogens is 219 g/mol. The van der Waals surface area contributed by atoms with Gasteiger partial charge in [-0.2, -0.15) is 13.2 Å². The first kappa shape index (κ1) is 12.9. The molecule has 0 radical (unpaired) electrons. The molecule has 1 aromatic heterocycles. The Labute approximate surface area is 92.1 Å². The summed E-state index contributed by atoms with van der Waals surface area (Å²) in [6.07, 6.45) is -2.61. The van der Waals surface area contributed by atoms with Gasteiger partial charge in [-0.15, -0.1) is 0 Å². The van der Waals surface area contributed by atoms with E-state index >= 15 is 0 Å². The predicted octanol–water partition coefficient (Wildman–Crippen LogP) is 1.53. The molecule has 0 saturated carbocycles. The minimum atomic E-state index is -4.17. The van der Waals surface area contributed by atoms with Crippen molar-refractivity contribution in [1.29, 1.82) is 0 Å². The molecule has 0 aliphatic carbocycles. The van der Waals surface area contributed by atoms with E-state index in [2.05, 4.69) is 4.98 Å². The molecule has 0 aliphatic rings. The van der Waals surface area contributed by atoms with Gasteiger partial charge in [-0.3, -0.25) is 9.88 Å². The summed E-state index contributed by atoms with van der Waals surface area (Å²) in [6.45, 7) is -0.404. The minimum absolute atomic E-state index is 0.231. The lowest BCUT2D eigenvalue weighted by molar-refractivity contribution is -0.144. The Morgan fingerprint density at radius 3 is 2.69 bits per heavy atom. The number of aromatic nitrogens is 1. The van der Waals surface area contributed by atoms with E-state index in [-0.39, 0.29) is 13.1 Å². The monoisotopic (exact) mass is 233 g/mol. The van der Waals surface area contributed by atoms with Crippen LogP contribution in [-0.4, -0.2) is 29.7 Å². The van der Waals surface area contributed by atoms with Crippen LogP contribution in [0.25, 0.3) is 0 Å². The number of alkyl halides is 3. The summed E-state index contributed by atoms with van der Waals surface area (Å²) in [6, 6.07) is 3.40. The molecule has 6 heteroatoms. The highest BCUT2D eigenvalue weighted by Crippen LogP contribution is 2.16. The molecule has 0 atom stereocenters. The normalized spacial score (nSPS) is 12.1. The van der Waals surface area contributed by atoms with Crippen molar-refractivity contribution in [2.24, 2.45) is 5.73 Å². The molecule has 0 unspecified atom stereocenters. The van der Waals surface area contributed by atoms with E-state index in [0.717, 1.165) is 5.56 Å². The van der Waals surface area contributed by atoms with Gasteiger partial charge in [0, 0.05) is 19.3 Å². The molecule has 0 aromatic carbocycles. The first-order valence-electron chi connectivity index (χ1n) is 4.80. The van der Waals surface area contributed by atoms with E-state index in [1.165, 1.54) is 11.9 Å². The molecule has 0 saturated heterocycles. The largest absolute Gasteiger partial charge is 0.401 e. The van der Waals surface area contributed by atoms with Crippen molar-refractivity contribution in [3.05, 3.63) is 29.6 Å². The fraction of sp³-hybridized carbons (Fsp3) is 0.500. The summed E-state index contributed by atoms with van der Waals surface area (Å²) < 4.78 is 36.2. The Hall–Kier alpha value is -1.14. The standard InChI is InChI=1S/C10H14F3N3/c1-16(7-10(11,12)13)6-8-2-3-15-9(4-8)5-14/h2-4H,5-7,14H2,1H3. The van der Waals surface area contributed by atoms with Crippen LogP contribution >= 0.6 is 0 Å². The fourth-order valence-electron chi connectivity index (χ4n) is 1.41. The van der Waals surface area contributed by atoms with Crippen LogP contribution < -0.4 is 5.73 Å². The van der Waals surface area contributed by atoms with E-state index < -0.39 is 12.7 Å². The zero-order valence-corrected chi connectivity index (χ0v) is 8.96. The molecule has 0 bridgehead atoms. The number of rotatable bonds is 4. The smallest absolute Gasteiger partial charge is 0.325 e. The van der Waals surface area contributed by atoms with Gasteiger partial charge >= 0.3 is 6.18 Å². The molecule has 0 spiro atoms. The lowest BCUT2D eigenvalue weighted by Gasteiger charge is -2.18. The molecule has 0 fully saturated rings. The fourth-order valence-corrected chi connectivity index (χ4v) is 1.41. The van der Waals surface area contributed by atoms with Crippen LogP contribution in [0.1, 0.15) is 11.3 Å². The summed E-state index contributed by atoms with van der Waals surface area (Å²) >= 11 is 0. The van der Waals surface area contributed by atoms with Crippen LogP contribution in [0.3, 0.4) is 0 Å². The SMILES string of the molecule is CN(Cc1ccnc(CN)c1)CC(F)(F)F. The molecule has 1 heterocycles. The second kappa shape index (κ2) is 5.27. The number of hydrogen-bond donors (Lipinski definition) is 1. The second-order valence-corrected chi connectivity index (χ2v) is 3.65. The minimum Gasteiger partial charge on any atom is -0.325 e. The highest BCUT2D eigenvalue weighted by molar-refractivity contribution is 5.16. The van der Waals surface area contributed by atoms with Crippen LogP contribution in [0.2, 0.25) is 0 Å². The summed E-state index contributed by atoms with van der Waals surface area (Å²) in [5.41, 5.74) is 6.85. The van der Waals surface area contributed by atoms with E-state index in [9.17, 15) is 13.2 Å². The highest BCUT2D eigenvalue weighted by atomic mass is 19.4. The van der Waals surface area contributed by atoms with E-state index in [4.69, 9.17) is 5.73 Å². The molecule has 16 heavy (non-hydrogen) atoms. The third-order valence-corrected chi connectivity index (χ3v) is 1.99. The molecule has 0 aliphatic heterocycles. The van der Waals surface area contributed by atoms with Crippen molar-refractivity contribution in [3.8, 4) is 0 Å². The quantitative estimate of drug-likeness (QED) is 0.857. The van der Waals surface area contributed by atoms with Crippen molar-refractivity contribution in [2.45, 2.75) is 19.3 Å². The highest BCUT2D eigenvalue weighted by Gasteiger charge is 2.28. The topological polar surface area (TPSA) is 42.2 Å². The van der Waals surface area contributed by atoms with Crippen LogP contribution in [0.5, 0.6) is 0 Å². The Morgan fingerprint density at radius 1 is 1.44 bits per heavy atom. The average molecular weight is 233 g/mol. The molecular formula is C10H14F3N3. The summed E-state index contributed by atoms with van der Waals surface area (Å²) in [7, 11) is 1.43. The summed E-state index contributed by atoms with van der Waals surface area (Å²) in [4.78, 5) is 5.18. The van der Waals surface area contributed by atoms with Gasteiger partial charge in [-0.05, 0) is 24.7 Å². The van der Waals surface area contributed by atoms with Gasteiger partial charge in [0.25, 0.3) is 0 Å². The van der Waals surface area contributed by atoms with Crippen molar-refractivity contribution in [3.63, 3.8) is 0 Å². The molecule has 3 nitrogen and oxygen atoms in total. The van der Waals surface area contributed by atoms with Crippen molar-refractivity contribution in [1.82, 2.24) is 9.88 Å². The van der Waals surface area contributed by atoms with E-state index in [0.29, 0.717) is 5.69 Å². The van der Waals surface area contributed by atoms with Crippen molar-refractivity contribution in [2.75, 3.05) is 13.6 Å². The van der Waals surface area contributed by atoms with Crippen LogP contribution in [-0.2, 0) is 13.1 Å². The van der Waals surface area contributed by atoms with Crippen molar-refractivity contribution < 1.29 is 13.2 Å². The molecule has 0 amide bonds. The van der Waals surface area contributed by atoms with Gasteiger partial charge in [0.05, 0.1) is 12.2 Å². The number of nitrogens with two attached hydrogens (primary N) is 1. The summed E-state index contributed by atoms with van der Waals surface area (Å²) in [5.74, 6) is 0. The third kappa shape index (κ3) is 4.59. The first-order chi connectivity index (χ1) is 7.40. The Bertz CT molecular complexity index is 338. The van der Waals surface area contributed by atoms with Gasteiger partial charge in [0.15, 0.2) is 0 Å². The van der Waals surface area contributed by atoms with Crippen molar-refractivity contribution >= 4 is 0 Å². The lowest BCUT2D eigenvalue weighted by Crippen LogP contribution is -2.30. The number of nitrogens with zero attached hydrogens (tertiary/aromatic N) is 2. The van der Waals surface area contributed by atoms with Gasteiger partial charge < -0.3 is 5.73 Å². The Morgan fingerprint density at radius 2 is 2.12 bits per heavy atom. The Kier molecular flexibility index (Phi) is 4.26. The van der Waals surface area contributed by atoms with Gasteiger partial charge in [-0.1, -0.05) is 0 Å². The molecule has 90 valence electrons. The van der Waals surface area contributed by atoms with Gasteiger partial charge in [0.2, 0.25) is 0 Å². The van der Waals surface area contributed by atoms with Crippen LogP contribution in [0.15, 0.2) is 18.3 Å². The van der Waals surface area contributed by atoms with E-state index in [1.54, 1.807) is 18.3 Å². The zero-order valence-electron chi connectivity index (χ0n) is 8.96. The summed E-state index contributed by atoms with van der Waals surface area (Å²) in [5, 5.41) is 0. The van der Waals surface area contributed by atoms with Crippen LogP contribution in [0.4, 0.5) is 13.2 Å². The molecule has 1 aromatic rings. The maximum absolute atomic E-state index is 12.1. The van der Waals surface area contributed by atoms with E-state index in [1.807, 2.05) is 0 Å². The predicted molar refractivity (Wildman–Crippen MR) is 54.5 cm³/mol.